The van der Waals surface area contributed by atoms with Crippen LogP contribution in [0.2, 0.25) is 0 Å². The molecule has 0 fully saturated rings. The van der Waals surface area contributed by atoms with E-state index in [-0.39, 0.29) is 12.5 Å². The quantitative estimate of drug-likeness (QED) is 0.552. The average molecular weight is 147 g/mol. The van der Waals surface area contributed by atoms with Gasteiger partial charge in [0.25, 0.3) is 0 Å². The third-order valence-corrected chi connectivity index (χ3v) is 0.910. The number of carboxylic acids is 1. The smallest absolute Gasteiger partial charge is 0.305 e. The summed E-state index contributed by atoms with van der Waals surface area (Å²) in [7, 11) is 0. The van der Waals surface area contributed by atoms with Crippen molar-refractivity contribution in [3.05, 3.63) is 0 Å². The highest BCUT2D eigenvalue weighted by Gasteiger charge is 2.05. The molecule has 0 radical (unpaired) electrons. The molecule has 0 aromatic carbocycles. The standard InChI is InChI=1S/C6H13NO3/c1-3-10-7-5(2)4-6(8)9/h5,7H,3-4H2,1-2H3,(H,8,9). The summed E-state index contributed by atoms with van der Waals surface area (Å²) >= 11 is 0. The second-order valence-electron chi connectivity index (χ2n) is 2.05. The van der Waals surface area contributed by atoms with Crippen LogP contribution in [0.1, 0.15) is 20.3 Å². The lowest BCUT2D eigenvalue weighted by Crippen LogP contribution is -2.28. The molecular formula is C6H13NO3. The van der Waals surface area contributed by atoms with Crippen LogP contribution in [0, 0.1) is 0 Å². The van der Waals surface area contributed by atoms with Crippen molar-refractivity contribution < 1.29 is 14.7 Å². The minimum Gasteiger partial charge on any atom is -0.481 e. The number of rotatable bonds is 5. The highest BCUT2D eigenvalue weighted by Crippen LogP contribution is 1.88. The summed E-state index contributed by atoms with van der Waals surface area (Å²) in [5.74, 6) is -0.820. The van der Waals surface area contributed by atoms with Gasteiger partial charge in [-0.3, -0.25) is 4.79 Å². The first-order chi connectivity index (χ1) is 4.66. The number of carboxylic acid groups (broad SMARTS) is 1. The maximum Gasteiger partial charge on any atom is 0.305 e. The maximum absolute atomic E-state index is 10.1. The Balaban J connectivity index is 3.25. The predicted molar refractivity (Wildman–Crippen MR) is 36.5 cm³/mol. The Morgan fingerprint density at radius 3 is 2.80 bits per heavy atom. The van der Waals surface area contributed by atoms with Crippen LogP contribution in [0.15, 0.2) is 0 Å². The number of carbonyl (C=O) groups is 1. The highest BCUT2D eigenvalue weighted by atomic mass is 16.6. The summed E-state index contributed by atoms with van der Waals surface area (Å²) in [5.41, 5.74) is 2.58. The Bertz CT molecular complexity index is 105. The minimum atomic E-state index is -0.820. The Hall–Kier alpha value is -0.610. The van der Waals surface area contributed by atoms with Crippen LogP contribution >= 0.6 is 0 Å². The van der Waals surface area contributed by atoms with Gasteiger partial charge < -0.3 is 9.94 Å². The summed E-state index contributed by atoms with van der Waals surface area (Å²) in [4.78, 5) is 14.9. The van der Waals surface area contributed by atoms with Crippen LogP contribution in [0.25, 0.3) is 0 Å². The molecular weight excluding hydrogens is 134 g/mol. The normalized spacial score (nSPS) is 13.0. The van der Waals surface area contributed by atoms with Gasteiger partial charge in [-0.1, -0.05) is 0 Å². The van der Waals surface area contributed by atoms with Gasteiger partial charge in [-0.15, -0.1) is 0 Å². The first kappa shape index (κ1) is 9.39. The van der Waals surface area contributed by atoms with Gasteiger partial charge in [0.1, 0.15) is 0 Å². The zero-order chi connectivity index (χ0) is 7.98. The molecule has 2 N–H and O–H groups in total. The Morgan fingerprint density at radius 2 is 2.40 bits per heavy atom. The molecule has 0 rings (SSSR count). The first-order valence-corrected chi connectivity index (χ1v) is 3.26. The van der Waals surface area contributed by atoms with Crippen LogP contribution in [-0.4, -0.2) is 23.7 Å². The topological polar surface area (TPSA) is 58.6 Å². The molecule has 0 aliphatic rings. The van der Waals surface area contributed by atoms with E-state index in [9.17, 15) is 4.79 Å². The van der Waals surface area contributed by atoms with Crippen molar-refractivity contribution in [1.29, 1.82) is 0 Å². The number of hydrogen-bond donors (Lipinski definition) is 2. The Morgan fingerprint density at radius 1 is 1.80 bits per heavy atom. The Labute approximate surface area is 60.1 Å². The molecule has 0 bridgehead atoms. The molecule has 1 atom stereocenters. The van der Waals surface area contributed by atoms with Crippen molar-refractivity contribution in [2.75, 3.05) is 6.61 Å². The van der Waals surface area contributed by atoms with E-state index in [1.165, 1.54) is 0 Å². The first-order valence-electron chi connectivity index (χ1n) is 3.26. The van der Waals surface area contributed by atoms with E-state index >= 15 is 0 Å². The lowest BCUT2D eigenvalue weighted by atomic mass is 10.3. The average Bonchev–Trinajstić information content (AvgIpc) is 1.82. The maximum atomic E-state index is 10.1. The molecule has 60 valence electrons. The number of hydrogen-bond acceptors (Lipinski definition) is 3. The molecule has 0 aromatic rings. The van der Waals surface area contributed by atoms with E-state index in [1.807, 2.05) is 6.92 Å². The number of aliphatic carboxylic acids is 1. The zero-order valence-corrected chi connectivity index (χ0v) is 6.26. The van der Waals surface area contributed by atoms with Gasteiger partial charge >= 0.3 is 5.97 Å². The van der Waals surface area contributed by atoms with Gasteiger partial charge in [-0.05, 0) is 13.8 Å². The van der Waals surface area contributed by atoms with E-state index in [2.05, 4.69) is 5.48 Å². The molecule has 0 aliphatic heterocycles. The van der Waals surface area contributed by atoms with Crippen LogP contribution < -0.4 is 5.48 Å². The van der Waals surface area contributed by atoms with Gasteiger partial charge in [0.05, 0.1) is 13.0 Å². The summed E-state index contributed by atoms with van der Waals surface area (Å²) in [5, 5.41) is 8.29. The van der Waals surface area contributed by atoms with Gasteiger partial charge in [-0.25, -0.2) is 0 Å². The van der Waals surface area contributed by atoms with Crippen LogP contribution in [0.3, 0.4) is 0 Å². The summed E-state index contributed by atoms with van der Waals surface area (Å²) in [6.07, 6.45) is 0.0833. The lowest BCUT2D eigenvalue weighted by molar-refractivity contribution is -0.138. The van der Waals surface area contributed by atoms with Crippen molar-refractivity contribution in [3.63, 3.8) is 0 Å². The summed E-state index contributed by atoms with van der Waals surface area (Å²) in [6, 6.07) is -0.127. The van der Waals surface area contributed by atoms with Gasteiger partial charge in [0, 0.05) is 6.04 Å². The second-order valence-corrected chi connectivity index (χ2v) is 2.05. The van der Waals surface area contributed by atoms with Crippen molar-refractivity contribution in [2.45, 2.75) is 26.3 Å². The number of nitrogens with one attached hydrogen (secondary N) is 1. The third-order valence-electron chi connectivity index (χ3n) is 0.910. The van der Waals surface area contributed by atoms with E-state index < -0.39 is 5.97 Å². The largest absolute Gasteiger partial charge is 0.481 e. The predicted octanol–water partition coefficient (Wildman–Crippen LogP) is 0.391. The molecule has 0 spiro atoms. The SMILES string of the molecule is CCONC(C)CC(=O)O. The second kappa shape index (κ2) is 5.20. The van der Waals surface area contributed by atoms with E-state index in [4.69, 9.17) is 9.94 Å². The van der Waals surface area contributed by atoms with Crippen molar-refractivity contribution in [2.24, 2.45) is 0 Å². The van der Waals surface area contributed by atoms with E-state index in [0.29, 0.717) is 6.61 Å². The van der Waals surface area contributed by atoms with Gasteiger partial charge in [0.15, 0.2) is 0 Å². The molecule has 0 saturated carbocycles. The fourth-order valence-corrected chi connectivity index (χ4v) is 0.529. The Kier molecular flexibility index (Phi) is 4.88. The molecule has 0 aliphatic carbocycles. The van der Waals surface area contributed by atoms with Crippen LogP contribution in [0.4, 0.5) is 0 Å². The number of hydroxylamine groups is 1. The molecule has 10 heavy (non-hydrogen) atoms. The van der Waals surface area contributed by atoms with Crippen LogP contribution in [0.5, 0.6) is 0 Å². The monoisotopic (exact) mass is 147 g/mol. The fraction of sp³-hybridized carbons (Fsp3) is 0.833. The molecule has 4 heteroatoms. The molecule has 0 aromatic heterocycles. The van der Waals surface area contributed by atoms with Gasteiger partial charge in [-0.2, -0.15) is 5.48 Å². The molecule has 1 unspecified atom stereocenters. The molecule has 4 nitrogen and oxygen atoms in total. The molecule has 0 saturated heterocycles. The molecule has 0 heterocycles. The van der Waals surface area contributed by atoms with E-state index in [0.717, 1.165) is 0 Å². The van der Waals surface area contributed by atoms with E-state index in [1.54, 1.807) is 6.92 Å². The summed E-state index contributed by atoms with van der Waals surface area (Å²) in [6.45, 7) is 4.13. The fourth-order valence-electron chi connectivity index (χ4n) is 0.529. The summed E-state index contributed by atoms with van der Waals surface area (Å²) < 4.78 is 0. The van der Waals surface area contributed by atoms with Gasteiger partial charge in [0.2, 0.25) is 0 Å². The zero-order valence-electron chi connectivity index (χ0n) is 6.26. The third kappa shape index (κ3) is 5.53. The van der Waals surface area contributed by atoms with Crippen LogP contribution in [-0.2, 0) is 9.63 Å². The van der Waals surface area contributed by atoms with Crippen molar-refractivity contribution >= 4 is 5.97 Å². The molecule has 0 amide bonds. The highest BCUT2D eigenvalue weighted by molar-refractivity contribution is 5.67. The minimum absolute atomic E-state index is 0.0833. The lowest BCUT2D eigenvalue weighted by Gasteiger charge is -2.09. The van der Waals surface area contributed by atoms with Crippen molar-refractivity contribution in [3.8, 4) is 0 Å². The van der Waals surface area contributed by atoms with Crippen molar-refractivity contribution in [1.82, 2.24) is 5.48 Å².